The fraction of sp³-hybridized carbons (Fsp3) is 0.263. The molecule has 0 aliphatic carbocycles. The number of hydrogen-bond donors (Lipinski definition) is 1. The summed E-state index contributed by atoms with van der Waals surface area (Å²) < 4.78 is 5.36. The van der Waals surface area contributed by atoms with Crippen LogP contribution in [0.2, 0.25) is 0 Å². The number of rotatable bonds is 5. The Morgan fingerprint density at radius 3 is 2.78 bits per heavy atom. The van der Waals surface area contributed by atoms with Crippen molar-refractivity contribution >= 4 is 10.9 Å². The number of nitrogens with one attached hydrogen (secondary N) is 1. The standard InChI is InChI=1S/C19H21N3O/c1-13-10-11-20-19(23-3)16(13)12-21-14(2)17-9-8-15-6-4-5-7-18(15)22-17/h4-11,14,21H,12H2,1-3H3. The molecule has 23 heavy (non-hydrogen) atoms. The molecule has 2 aromatic heterocycles. The monoisotopic (exact) mass is 307 g/mol. The van der Waals surface area contributed by atoms with Crippen LogP contribution in [0.15, 0.2) is 48.7 Å². The lowest BCUT2D eigenvalue weighted by atomic mass is 10.1. The Morgan fingerprint density at radius 1 is 1.13 bits per heavy atom. The van der Waals surface area contributed by atoms with Crippen LogP contribution in [0.3, 0.4) is 0 Å². The summed E-state index contributed by atoms with van der Waals surface area (Å²) in [6, 6.07) is 14.5. The Labute approximate surface area is 136 Å². The number of nitrogens with zero attached hydrogens (tertiary/aromatic N) is 2. The molecule has 0 amide bonds. The molecular weight excluding hydrogens is 286 g/mol. The number of pyridine rings is 2. The van der Waals surface area contributed by atoms with Crippen molar-refractivity contribution in [3.05, 3.63) is 65.5 Å². The summed E-state index contributed by atoms with van der Waals surface area (Å²) in [4.78, 5) is 9.01. The van der Waals surface area contributed by atoms with E-state index in [0.29, 0.717) is 12.4 Å². The number of methoxy groups -OCH3 is 1. The smallest absolute Gasteiger partial charge is 0.217 e. The second-order valence-electron chi connectivity index (χ2n) is 5.65. The molecule has 0 fully saturated rings. The van der Waals surface area contributed by atoms with E-state index in [1.54, 1.807) is 13.3 Å². The first-order chi connectivity index (χ1) is 11.2. The van der Waals surface area contributed by atoms with Crippen molar-refractivity contribution in [3.8, 4) is 5.88 Å². The zero-order chi connectivity index (χ0) is 16.2. The highest BCUT2D eigenvalue weighted by molar-refractivity contribution is 5.78. The van der Waals surface area contributed by atoms with Crippen LogP contribution in [0.5, 0.6) is 5.88 Å². The maximum atomic E-state index is 5.36. The van der Waals surface area contributed by atoms with E-state index in [-0.39, 0.29) is 6.04 Å². The lowest BCUT2D eigenvalue weighted by Gasteiger charge is -2.16. The van der Waals surface area contributed by atoms with Crippen molar-refractivity contribution < 1.29 is 4.74 Å². The molecule has 4 heteroatoms. The van der Waals surface area contributed by atoms with E-state index >= 15 is 0 Å². The largest absolute Gasteiger partial charge is 0.481 e. The molecule has 0 aliphatic heterocycles. The van der Waals surface area contributed by atoms with Gasteiger partial charge in [0.05, 0.1) is 18.3 Å². The van der Waals surface area contributed by atoms with Crippen LogP contribution in [0.25, 0.3) is 10.9 Å². The minimum absolute atomic E-state index is 0.143. The van der Waals surface area contributed by atoms with Crippen LogP contribution in [0.1, 0.15) is 29.8 Å². The van der Waals surface area contributed by atoms with Crippen LogP contribution in [-0.2, 0) is 6.54 Å². The summed E-state index contributed by atoms with van der Waals surface area (Å²) in [5.41, 5.74) is 4.31. The third-order valence-corrected chi connectivity index (χ3v) is 4.09. The number of benzene rings is 1. The first-order valence-corrected chi connectivity index (χ1v) is 7.76. The Morgan fingerprint density at radius 2 is 1.96 bits per heavy atom. The molecule has 4 nitrogen and oxygen atoms in total. The van der Waals surface area contributed by atoms with Crippen LogP contribution in [-0.4, -0.2) is 17.1 Å². The van der Waals surface area contributed by atoms with Crippen LogP contribution < -0.4 is 10.1 Å². The van der Waals surface area contributed by atoms with E-state index in [1.807, 2.05) is 24.3 Å². The molecule has 1 atom stereocenters. The van der Waals surface area contributed by atoms with Gasteiger partial charge < -0.3 is 10.1 Å². The molecule has 3 rings (SSSR count). The summed E-state index contributed by atoms with van der Waals surface area (Å²) in [6.07, 6.45) is 1.77. The van der Waals surface area contributed by atoms with Crippen molar-refractivity contribution in [2.45, 2.75) is 26.4 Å². The summed E-state index contributed by atoms with van der Waals surface area (Å²) >= 11 is 0. The molecule has 0 saturated heterocycles. The van der Waals surface area contributed by atoms with Gasteiger partial charge in [-0.15, -0.1) is 0 Å². The third kappa shape index (κ3) is 3.32. The SMILES string of the molecule is COc1nccc(C)c1CNC(C)c1ccc2ccccc2n1. The normalized spacial score (nSPS) is 12.3. The lowest BCUT2D eigenvalue weighted by Crippen LogP contribution is -2.20. The molecule has 118 valence electrons. The van der Waals surface area contributed by atoms with Gasteiger partial charge in [-0.3, -0.25) is 4.98 Å². The Balaban J connectivity index is 1.77. The van der Waals surface area contributed by atoms with Gasteiger partial charge in [0.15, 0.2) is 0 Å². The zero-order valence-corrected chi connectivity index (χ0v) is 13.7. The maximum Gasteiger partial charge on any atom is 0.217 e. The lowest BCUT2D eigenvalue weighted by molar-refractivity contribution is 0.388. The number of para-hydroxylation sites is 1. The van der Waals surface area contributed by atoms with Crippen molar-refractivity contribution in [3.63, 3.8) is 0 Å². The van der Waals surface area contributed by atoms with Crippen molar-refractivity contribution in [2.24, 2.45) is 0 Å². The van der Waals surface area contributed by atoms with E-state index in [4.69, 9.17) is 9.72 Å². The average molecular weight is 307 g/mol. The van der Waals surface area contributed by atoms with Gasteiger partial charge in [0.25, 0.3) is 0 Å². The van der Waals surface area contributed by atoms with Crippen molar-refractivity contribution in [2.75, 3.05) is 7.11 Å². The van der Waals surface area contributed by atoms with Crippen molar-refractivity contribution in [1.29, 1.82) is 0 Å². The first-order valence-electron chi connectivity index (χ1n) is 7.76. The summed E-state index contributed by atoms with van der Waals surface area (Å²) in [7, 11) is 1.65. The van der Waals surface area contributed by atoms with Crippen LogP contribution >= 0.6 is 0 Å². The highest BCUT2D eigenvalue weighted by atomic mass is 16.5. The summed E-state index contributed by atoms with van der Waals surface area (Å²) in [5, 5.41) is 4.67. The van der Waals surface area contributed by atoms with Gasteiger partial charge >= 0.3 is 0 Å². The molecule has 1 unspecified atom stereocenters. The van der Waals surface area contributed by atoms with Gasteiger partial charge in [0.2, 0.25) is 5.88 Å². The predicted octanol–water partition coefficient (Wildman–Crippen LogP) is 3.80. The molecule has 0 aliphatic rings. The van der Waals surface area contributed by atoms with E-state index in [0.717, 1.165) is 22.2 Å². The molecule has 0 saturated carbocycles. The van der Waals surface area contributed by atoms with Crippen LogP contribution in [0, 0.1) is 6.92 Å². The Kier molecular flexibility index (Phi) is 4.53. The Bertz CT molecular complexity index is 817. The van der Waals surface area contributed by atoms with Gasteiger partial charge in [-0.25, -0.2) is 4.98 Å². The van der Waals surface area contributed by atoms with Crippen LogP contribution in [0.4, 0.5) is 0 Å². The summed E-state index contributed by atoms with van der Waals surface area (Å²) in [6.45, 7) is 4.88. The molecule has 0 bridgehead atoms. The molecule has 3 aromatic rings. The van der Waals surface area contributed by atoms with Crippen molar-refractivity contribution in [1.82, 2.24) is 15.3 Å². The molecule has 1 N–H and O–H groups in total. The number of ether oxygens (including phenoxy) is 1. The number of hydrogen-bond acceptors (Lipinski definition) is 4. The van der Waals surface area contributed by atoms with E-state index in [2.05, 4.69) is 42.3 Å². The van der Waals surface area contributed by atoms with E-state index in [1.165, 1.54) is 5.56 Å². The third-order valence-electron chi connectivity index (χ3n) is 4.09. The second kappa shape index (κ2) is 6.75. The van der Waals surface area contributed by atoms with E-state index in [9.17, 15) is 0 Å². The fourth-order valence-electron chi connectivity index (χ4n) is 2.64. The minimum atomic E-state index is 0.143. The molecule has 2 heterocycles. The highest BCUT2D eigenvalue weighted by Gasteiger charge is 2.11. The number of aryl methyl sites for hydroxylation is 1. The average Bonchev–Trinajstić information content (AvgIpc) is 2.59. The molecule has 0 radical (unpaired) electrons. The van der Waals surface area contributed by atoms with E-state index < -0.39 is 0 Å². The summed E-state index contributed by atoms with van der Waals surface area (Å²) in [5.74, 6) is 0.677. The predicted molar refractivity (Wildman–Crippen MR) is 92.5 cm³/mol. The molecule has 1 aromatic carbocycles. The highest BCUT2D eigenvalue weighted by Crippen LogP contribution is 2.21. The van der Waals surface area contributed by atoms with Gasteiger partial charge in [0.1, 0.15) is 0 Å². The maximum absolute atomic E-state index is 5.36. The molecule has 0 spiro atoms. The second-order valence-corrected chi connectivity index (χ2v) is 5.65. The zero-order valence-electron chi connectivity index (χ0n) is 13.7. The fourth-order valence-corrected chi connectivity index (χ4v) is 2.64. The first kappa shape index (κ1) is 15.4. The Hall–Kier alpha value is -2.46. The topological polar surface area (TPSA) is 47.0 Å². The number of fused-ring (bicyclic) bond motifs is 1. The quantitative estimate of drug-likeness (QED) is 0.779. The van der Waals surface area contributed by atoms with Gasteiger partial charge in [0, 0.05) is 29.7 Å². The number of aromatic nitrogens is 2. The van der Waals surface area contributed by atoms with Gasteiger partial charge in [-0.2, -0.15) is 0 Å². The van der Waals surface area contributed by atoms with Gasteiger partial charge in [-0.1, -0.05) is 24.3 Å². The minimum Gasteiger partial charge on any atom is -0.481 e. The molecular formula is C19H21N3O. The van der Waals surface area contributed by atoms with Gasteiger partial charge in [-0.05, 0) is 37.6 Å².